The Kier molecular flexibility index (Phi) is 31.8. The fraction of sp³-hybridized carbons (Fsp3) is 0.951. The number of ether oxygens (including phenoxy) is 2. The molecule has 0 radical (unpaired) electrons. The molecule has 1 aliphatic rings. The summed E-state index contributed by atoms with van der Waals surface area (Å²) < 4.78 is 49.0. The highest BCUT2D eigenvalue weighted by molar-refractivity contribution is 7.47. The number of hydrogen-bond acceptors (Lipinski definition) is 13. The number of aliphatic hydroxyl groups excluding tert-OH is 4. The molecule has 8 atom stereocenters. The molecule has 18 heteroatoms. The van der Waals surface area contributed by atoms with Gasteiger partial charge in [0.2, 0.25) is 0 Å². The van der Waals surface area contributed by atoms with Crippen molar-refractivity contribution in [1.82, 2.24) is 0 Å². The molecule has 0 saturated heterocycles. The number of esters is 2. The molecule has 1 saturated carbocycles. The van der Waals surface area contributed by atoms with E-state index in [9.17, 15) is 44.0 Å². The highest BCUT2D eigenvalue weighted by Crippen LogP contribution is 2.48. The van der Waals surface area contributed by atoms with E-state index in [1.165, 1.54) is 103 Å². The molecular weight excluding hydrogens is 810 g/mol. The fourth-order valence-corrected chi connectivity index (χ4v) is 8.68. The Balaban J connectivity index is 2.59. The van der Waals surface area contributed by atoms with Gasteiger partial charge >= 0.3 is 27.6 Å². The van der Waals surface area contributed by atoms with Crippen molar-refractivity contribution in [2.75, 3.05) is 13.2 Å². The zero-order valence-electron chi connectivity index (χ0n) is 36.0. The average molecular weight is 891 g/mol. The van der Waals surface area contributed by atoms with Crippen molar-refractivity contribution in [3.05, 3.63) is 0 Å². The van der Waals surface area contributed by atoms with Crippen LogP contribution in [0.2, 0.25) is 0 Å². The first-order valence-corrected chi connectivity index (χ1v) is 25.6. The monoisotopic (exact) mass is 890 g/mol. The Morgan fingerprint density at radius 1 is 0.475 bits per heavy atom. The second kappa shape index (κ2) is 33.5. The number of aliphatic hydroxyl groups is 4. The van der Waals surface area contributed by atoms with Gasteiger partial charge in [0.05, 0.1) is 6.61 Å². The number of carbonyl (C=O) groups is 2. The van der Waals surface area contributed by atoms with Crippen molar-refractivity contribution in [2.45, 2.75) is 236 Å². The topological polar surface area (TPSA) is 256 Å². The first-order valence-electron chi connectivity index (χ1n) is 22.6. The molecule has 1 fully saturated rings. The number of hydrogen-bond donors (Lipinski definition) is 7. The molecule has 7 N–H and O–H groups in total. The minimum atomic E-state index is -5.30. The van der Waals surface area contributed by atoms with Crippen LogP contribution < -0.4 is 0 Å². The molecule has 0 aromatic carbocycles. The molecule has 0 amide bonds. The number of phosphoric acid groups is 2. The van der Waals surface area contributed by atoms with Gasteiger partial charge in [-0.3, -0.25) is 23.2 Å². The lowest BCUT2D eigenvalue weighted by Gasteiger charge is -2.43. The molecule has 0 heterocycles. The van der Waals surface area contributed by atoms with Crippen molar-refractivity contribution in [3.8, 4) is 0 Å². The Labute approximate surface area is 353 Å². The van der Waals surface area contributed by atoms with E-state index in [0.29, 0.717) is 12.8 Å². The molecule has 0 aliphatic heterocycles. The molecule has 4 unspecified atom stereocenters. The zero-order valence-corrected chi connectivity index (χ0v) is 37.7. The van der Waals surface area contributed by atoms with Crippen LogP contribution in [0.25, 0.3) is 0 Å². The van der Waals surface area contributed by atoms with E-state index in [1.54, 1.807) is 0 Å². The van der Waals surface area contributed by atoms with Crippen LogP contribution in [0, 0.1) is 0 Å². The van der Waals surface area contributed by atoms with Crippen LogP contribution in [0.4, 0.5) is 0 Å². The van der Waals surface area contributed by atoms with Crippen molar-refractivity contribution in [3.63, 3.8) is 0 Å². The van der Waals surface area contributed by atoms with Crippen LogP contribution in [-0.2, 0) is 41.8 Å². The van der Waals surface area contributed by atoms with Crippen LogP contribution in [0.3, 0.4) is 0 Å². The summed E-state index contributed by atoms with van der Waals surface area (Å²) in [5, 5.41) is 41.4. The van der Waals surface area contributed by atoms with Gasteiger partial charge in [0.15, 0.2) is 6.10 Å². The largest absolute Gasteiger partial charge is 0.472 e. The van der Waals surface area contributed by atoms with Crippen molar-refractivity contribution >= 4 is 27.6 Å². The van der Waals surface area contributed by atoms with Gasteiger partial charge in [-0.2, -0.15) is 0 Å². The van der Waals surface area contributed by atoms with Crippen molar-refractivity contribution in [2.24, 2.45) is 0 Å². The highest BCUT2D eigenvalue weighted by atomic mass is 31.2. The SMILES string of the molecule is CCCCCCCCCCCCCCCC(=O)OCC(COP(=O)(O)OC1[C@H](O)[C@H](O)C(OP(=O)(O)O)[C@H](O)[C@H]1O)OC(=O)CCCCCCCCCCCCCCC. The Morgan fingerprint density at radius 3 is 1.15 bits per heavy atom. The maximum Gasteiger partial charge on any atom is 0.472 e. The predicted octanol–water partition coefficient (Wildman–Crippen LogP) is 7.84. The van der Waals surface area contributed by atoms with Crippen molar-refractivity contribution < 1.29 is 76.9 Å². The maximum absolute atomic E-state index is 12.9. The number of phosphoric ester groups is 2. The molecule has 59 heavy (non-hydrogen) atoms. The third-order valence-corrected chi connectivity index (χ3v) is 12.2. The second-order valence-electron chi connectivity index (χ2n) is 16.1. The van der Waals surface area contributed by atoms with E-state index in [4.69, 9.17) is 28.3 Å². The van der Waals surface area contributed by atoms with Crippen LogP contribution in [0.15, 0.2) is 0 Å². The summed E-state index contributed by atoms with van der Waals surface area (Å²) in [6, 6.07) is 0. The third kappa shape index (κ3) is 28.3. The third-order valence-electron chi connectivity index (χ3n) is 10.7. The predicted molar refractivity (Wildman–Crippen MR) is 223 cm³/mol. The summed E-state index contributed by atoms with van der Waals surface area (Å²) in [4.78, 5) is 53.9. The Morgan fingerprint density at radius 2 is 0.797 bits per heavy atom. The van der Waals surface area contributed by atoms with Gasteiger partial charge in [0.1, 0.15) is 43.2 Å². The van der Waals surface area contributed by atoms with Gasteiger partial charge in [0.25, 0.3) is 0 Å². The van der Waals surface area contributed by atoms with E-state index >= 15 is 0 Å². The van der Waals surface area contributed by atoms with Crippen LogP contribution in [0.5, 0.6) is 0 Å². The summed E-state index contributed by atoms with van der Waals surface area (Å²) in [7, 11) is -10.6. The first-order chi connectivity index (χ1) is 28.1. The zero-order chi connectivity index (χ0) is 43.9. The van der Waals surface area contributed by atoms with Gasteiger partial charge in [-0.25, -0.2) is 9.13 Å². The molecule has 0 aromatic heterocycles. The van der Waals surface area contributed by atoms with Gasteiger partial charge in [-0.05, 0) is 12.8 Å². The van der Waals surface area contributed by atoms with E-state index in [1.807, 2.05) is 0 Å². The smallest absolute Gasteiger partial charge is 0.462 e. The molecule has 350 valence electrons. The van der Waals surface area contributed by atoms with Crippen molar-refractivity contribution in [1.29, 1.82) is 0 Å². The molecule has 1 rings (SSSR count). The lowest BCUT2D eigenvalue weighted by Crippen LogP contribution is -2.64. The van der Waals surface area contributed by atoms with Crippen LogP contribution >= 0.6 is 15.6 Å². The summed E-state index contributed by atoms with van der Waals surface area (Å²) in [5.74, 6) is -1.18. The first kappa shape index (κ1) is 56.0. The number of unbranched alkanes of at least 4 members (excludes halogenated alkanes) is 24. The highest BCUT2D eigenvalue weighted by Gasteiger charge is 2.54. The molecule has 16 nitrogen and oxygen atoms in total. The quantitative estimate of drug-likeness (QED) is 0.0177. The average Bonchev–Trinajstić information content (AvgIpc) is 3.18. The summed E-state index contributed by atoms with van der Waals surface area (Å²) in [6.45, 7) is 3.13. The van der Waals surface area contributed by atoms with Crippen LogP contribution in [-0.4, -0.2) is 103 Å². The number of rotatable bonds is 38. The summed E-state index contributed by atoms with van der Waals surface area (Å²) >= 11 is 0. The number of carbonyl (C=O) groups excluding carboxylic acids is 2. The Hall–Kier alpha value is -1.00. The Bertz CT molecular complexity index is 1160. The lowest BCUT2D eigenvalue weighted by molar-refractivity contribution is -0.216. The molecule has 0 aromatic rings. The minimum absolute atomic E-state index is 0.0581. The van der Waals surface area contributed by atoms with Gasteiger partial charge < -0.3 is 44.6 Å². The van der Waals surface area contributed by atoms with E-state index in [2.05, 4.69) is 18.4 Å². The molecule has 0 bridgehead atoms. The second-order valence-corrected chi connectivity index (χ2v) is 18.7. The maximum atomic E-state index is 12.9. The minimum Gasteiger partial charge on any atom is -0.462 e. The molecular formula is C41H80O16P2. The molecule has 1 aliphatic carbocycles. The van der Waals surface area contributed by atoms with Crippen LogP contribution in [0.1, 0.15) is 194 Å². The van der Waals surface area contributed by atoms with Gasteiger partial charge in [-0.1, -0.05) is 168 Å². The van der Waals surface area contributed by atoms with E-state index in [-0.39, 0.29) is 12.8 Å². The van der Waals surface area contributed by atoms with Gasteiger partial charge in [0, 0.05) is 12.8 Å². The molecule has 0 spiro atoms. The van der Waals surface area contributed by atoms with Gasteiger partial charge in [-0.15, -0.1) is 0 Å². The lowest BCUT2D eigenvalue weighted by atomic mass is 9.85. The van der Waals surface area contributed by atoms with E-state index in [0.717, 1.165) is 51.4 Å². The standard InChI is InChI=1S/C41H80O16P2/c1-3-5-7-9-11-13-15-17-19-21-23-25-27-29-34(42)53-31-33(55-35(43)30-28-26-24-22-20-18-16-14-12-10-8-6-4-2)32-54-59(51,52)57-41-38(46)36(44)40(37(45)39(41)47)56-58(48,49)50/h33,36-41,44-47H,3-32H2,1-2H3,(H,51,52)(H2,48,49,50)/t33?,36-,37+,38-,39-,40?,41?/m1/s1. The summed E-state index contributed by atoms with van der Waals surface area (Å²) in [5.41, 5.74) is 0. The normalized spacial score (nSPS) is 22.5. The van der Waals surface area contributed by atoms with E-state index < -0.39 is 83.5 Å². The fourth-order valence-electron chi connectivity index (χ4n) is 7.14. The summed E-state index contributed by atoms with van der Waals surface area (Å²) in [6.07, 6.45) is 15.1.